The van der Waals surface area contributed by atoms with Crippen LogP contribution in [0.1, 0.15) is 0 Å². The fourth-order valence-corrected chi connectivity index (χ4v) is 1.04. The molecule has 8 heteroatoms. The molecule has 0 amide bonds. The average Bonchev–Trinajstić information content (AvgIpc) is 2.13. The van der Waals surface area contributed by atoms with Gasteiger partial charge in [-0.2, -0.15) is 13.2 Å². The molecule has 0 spiro atoms. The van der Waals surface area contributed by atoms with E-state index in [0.29, 0.717) is 0 Å². The van der Waals surface area contributed by atoms with Crippen molar-refractivity contribution in [2.75, 3.05) is 17.6 Å². The monoisotopic (exact) mass is 235 g/mol. The molecular formula is C8H8F3N3O2. The van der Waals surface area contributed by atoms with Gasteiger partial charge < -0.3 is 11.1 Å². The number of hydrogen-bond donors (Lipinski definition) is 2. The Balaban J connectivity index is 2.85. The van der Waals surface area contributed by atoms with E-state index in [0.717, 1.165) is 12.1 Å². The van der Waals surface area contributed by atoms with Gasteiger partial charge in [0.05, 0.1) is 4.92 Å². The second-order valence-electron chi connectivity index (χ2n) is 3.04. The molecule has 0 fully saturated rings. The summed E-state index contributed by atoms with van der Waals surface area (Å²) >= 11 is 0. The van der Waals surface area contributed by atoms with Crippen molar-refractivity contribution < 1.29 is 18.1 Å². The molecule has 1 rings (SSSR count). The maximum absolute atomic E-state index is 11.9. The zero-order valence-corrected chi connectivity index (χ0v) is 7.91. The number of alkyl halides is 3. The predicted molar refractivity (Wildman–Crippen MR) is 52.1 cm³/mol. The molecule has 0 atom stereocenters. The Bertz CT molecular complexity index is 406. The van der Waals surface area contributed by atoms with E-state index < -0.39 is 17.6 Å². The fourth-order valence-electron chi connectivity index (χ4n) is 1.04. The van der Waals surface area contributed by atoms with Crippen molar-refractivity contribution in [3.8, 4) is 0 Å². The van der Waals surface area contributed by atoms with Crippen LogP contribution in [-0.4, -0.2) is 17.6 Å². The molecule has 5 nitrogen and oxygen atoms in total. The number of nitrogens with zero attached hydrogens (tertiary/aromatic N) is 1. The third-order valence-electron chi connectivity index (χ3n) is 1.64. The van der Waals surface area contributed by atoms with Gasteiger partial charge in [0.25, 0.3) is 5.69 Å². The van der Waals surface area contributed by atoms with Gasteiger partial charge in [0.1, 0.15) is 6.54 Å². The van der Waals surface area contributed by atoms with Crippen molar-refractivity contribution in [2.24, 2.45) is 0 Å². The fraction of sp³-hybridized carbons (Fsp3) is 0.250. The van der Waals surface area contributed by atoms with Crippen LogP contribution in [0.3, 0.4) is 0 Å². The number of nitrogens with two attached hydrogens (primary N) is 1. The lowest BCUT2D eigenvalue weighted by Crippen LogP contribution is -2.21. The first kappa shape index (κ1) is 12.1. The number of nitrogens with one attached hydrogen (secondary N) is 1. The van der Waals surface area contributed by atoms with Crippen molar-refractivity contribution in [3.05, 3.63) is 28.3 Å². The van der Waals surface area contributed by atoms with Gasteiger partial charge >= 0.3 is 6.18 Å². The van der Waals surface area contributed by atoms with E-state index in [-0.39, 0.29) is 17.1 Å². The molecule has 3 N–H and O–H groups in total. The van der Waals surface area contributed by atoms with Crippen LogP contribution in [0.5, 0.6) is 0 Å². The van der Waals surface area contributed by atoms with Gasteiger partial charge in [0, 0.05) is 23.5 Å². The van der Waals surface area contributed by atoms with Crippen LogP contribution in [0.15, 0.2) is 18.2 Å². The van der Waals surface area contributed by atoms with Crippen LogP contribution < -0.4 is 11.1 Å². The zero-order chi connectivity index (χ0) is 12.3. The van der Waals surface area contributed by atoms with E-state index in [4.69, 9.17) is 5.73 Å². The average molecular weight is 235 g/mol. The quantitative estimate of drug-likeness (QED) is 0.477. The van der Waals surface area contributed by atoms with Gasteiger partial charge in [0.2, 0.25) is 0 Å². The Kier molecular flexibility index (Phi) is 3.21. The Morgan fingerprint density at radius 1 is 1.38 bits per heavy atom. The summed E-state index contributed by atoms with van der Waals surface area (Å²) < 4.78 is 35.6. The molecule has 0 aromatic heterocycles. The summed E-state index contributed by atoms with van der Waals surface area (Å²) in [7, 11) is 0. The summed E-state index contributed by atoms with van der Waals surface area (Å²) in [5.74, 6) is 0. The Morgan fingerprint density at radius 2 is 2.00 bits per heavy atom. The highest BCUT2D eigenvalue weighted by molar-refractivity contribution is 5.61. The lowest BCUT2D eigenvalue weighted by atomic mass is 10.2. The molecule has 0 aliphatic carbocycles. The lowest BCUT2D eigenvalue weighted by molar-refractivity contribution is -0.384. The summed E-state index contributed by atoms with van der Waals surface area (Å²) in [6.07, 6.45) is -4.39. The van der Waals surface area contributed by atoms with E-state index >= 15 is 0 Å². The highest BCUT2D eigenvalue weighted by Gasteiger charge is 2.26. The molecule has 88 valence electrons. The normalized spacial score (nSPS) is 11.2. The second-order valence-corrected chi connectivity index (χ2v) is 3.04. The SMILES string of the molecule is Nc1cc(NCC(F)(F)F)cc([N+](=O)[O-])c1. The molecule has 1 aromatic carbocycles. The van der Waals surface area contributed by atoms with Gasteiger partial charge in [-0.25, -0.2) is 0 Å². The molecule has 0 heterocycles. The highest BCUT2D eigenvalue weighted by Crippen LogP contribution is 2.23. The van der Waals surface area contributed by atoms with Gasteiger partial charge in [-0.05, 0) is 6.07 Å². The first-order valence-electron chi connectivity index (χ1n) is 4.13. The summed E-state index contributed by atoms with van der Waals surface area (Å²) in [4.78, 5) is 9.68. The summed E-state index contributed by atoms with van der Waals surface area (Å²) in [5, 5.41) is 12.4. The first-order valence-corrected chi connectivity index (χ1v) is 4.13. The number of nitrogen functional groups attached to an aromatic ring is 1. The smallest absolute Gasteiger partial charge is 0.398 e. The predicted octanol–water partition coefficient (Wildman–Crippen LogP) is 2.15. The Hall–Kier alpha value is -1.99. The number of non-ortho nitro benzene ring substituents is 1. The molecular weight excluding hydrogens is 227 g/mol. The van der Waals surface area contributed by atoms with Gasteiger partial charge in [-0.15, -0.1) is 0 Å². The Labute approximate surface area is 88.2 Å². The first-order chi connectivity index (χ1) is 7.28. The van der Waals surface area contributed by atoms with Crippen molar-refractivity contribution >= 4 is 17.1 Å². The van der Waals surface area contributed by atoms with Crippen LogP contribution in [0, 0.1) is 10.1 Å². The summed E-state index contributed by atoms with van der Waals surface area (Å²) in [6, 6.07) is 3.25. The molecule has 0 aliphatic heterocycles. The van der Waals surface area contributed by atoms with Crippen molar-refractivity contribution in [1.29, 1.82) is 0 Å². The third kappa shape index (κ3) is 3.64. The van der Waals surface area contributed by atoms with E-state index in [9.17, 15) is 23.3 Å². The minimum atomic E-state index is -4.39. The second kappa shape index (κ2) is 4.25. The molecule has 0 bridgehead atoms. The van der Waals surface area contributed by atoms with Gasteiger partial charge in [0.15, 0.2) is 0 Å². The van der Waals surface area contributed by atoms with Crippen molar-refractivity contribution in [3.63, 3.8) is 0 Å². The Morgan fingerprint density at radius 3 is 2.50 bits per heavy atom. The zero-order valence-electron chi connectivity index (χ0n) is 7.91. The minimum absolute atomic E-state index is 0.0267. The van der Waals surface area contributed by atoms with Crippen LogP contribution in [0.2, 0.25) is 0 Å². The molecule has 0 saturated carbocycles. The van der Waals surface area contributed by atoms with E-state index in [1.807, 2.05) is 5.32 Å². The van der Waals surface area contributed by atoms with E-state index in [2.05, 4.69) is 0 Å². The van der Waals surface area contributed by atoms with Gasteiger partial charge in [-0.3, -0.25) is 10.1 Å². The molecule has 16 heavy (non-hydrogen) atoms. The number of nitro benzene ring substituents is 1. The van der Waals surface area contributed by atoms with Crippen LogP contribution in [0.25, 0.3) is 0 Å². The van der Waals surface area contributed by atoms with E-state index in [1.165, 1.54) is 6.07 Å². The number of hydrogen-bond acceptors (Lipinski definition) is 4. The van der Waals surface area contributed by atoms with Crippen LogP contribution >= 0.6 is 0 Å². The molecule has 0 radical (unpaired) electrons. The number of benzene rings is 1. The molecule has 0 saturated heterocycles. The molecule has 0 unspecified atom stereocenters. The highest BCUT2D eigenvalue weighted by atomic mass is 19.4. The maximum Gasteiger partial charge on any atom is 0.405 e. The topological polar surface area (TPSA) is 81.2 Å². The standard InChI is InChI=1S/C8H8F3N3O2/c9-8(10,11)4-13-6-1-5(12)2-7(3-6)14(15)16/h1-3,13H,4,12H2. The minimum Gasteiger partial charge on any atom is -0.398 e. The maximum atomic E-state index is 11.9. The van der Waals surface area contributed by atoms with E-state index in [1.54, 1.807) is 0 Å². The van der Waals surface area contributed by atoms with Crippen LogP contribution in [0.4, 0.5) is 30.2 Å². The van der Waals surface area contributed by atoms with Gasteiger partial charge in [-0.1, -0.05) is 0 Å². The lowest BCUT2D eigenvalue weighted by Gasteiger charge is -2.09. The molecule has 1 aromatic rings. The number of anilines is 2. The third-order valence-corrected chi connectivity index (χ3v) is 1.64. The van der Waals surface area contributed by atoms with Crippen molar-refractivity contribution in [2.45, 2.75) is 6.18 Å². The number of halogens is 3. The number of nitro groups is 1. The summed E-state index contributed by atoms with van der Waals surface area (Å²) in [6.45, 7) is -1.27. The largest absolute Gasteiger partial charge is 0.405 e. The van der Waals surface area contributed by atoms with Crippen LogP contribution in [-0.2, 0) is 0 Å². The van der Waals surface area contributed by atoms with Crippen molar-refractivity contribution in [1.82, 2.24) is 0 Å². The summed E-state index contributed by atoms with van der Waals surface area (Å²) in [5.41, 5.74) is 4.94. The molecule has 0 aliphatic rings. The number of rotatable bonds is 3.